The first-order valence-electron chi connectivity index (χ1n) is 9.27. The van der Waals surface area contributed by atoms with E-state index in [9.17, 15) is 9.59 Å². The van der Waals surface area contributed by atoms with Gasteiger partial charge in [0.15, 0.2) is 0 Å². The lowest BCUT2D eigenvalue weighted by molar-refractivity contribution is -0.120. The second-order valence-electron chi connectivity index (χ2n) is 6.78. The predicted molar refractivity (Wildman–Crippen MR) is 107 cm³/mol. The molecule has 5 heteroatoms. The summed E-state index contributed by atoms with van der Waals surface area (Å²) in [5.74, 6) is 0.439. The second-order valence-corrected chi connectivity index (χ2v) is 6.78. The molecule has 2 rings (SSSR count). The molecule has 2 N–H and O–H groups in total. The van der Waals surface area contributed by atoms with Gasteiger partial charge in [0.1, 0.15) is 5.75 Å². The predicted octanol–water partition coefficient (Wildman–Crippen LogP) is 3.32. The van der Waals surface area contributed by atoms with Crippen molar-refractivity contribution in [2.45, 2.75) is 33.6 Å². The first kappa shape index (κ1) is 20.5. The Balaban J connectivity index is 1.58. The second kappa shape index (κ2) is 10.4. The summed E-state index contributed by atoms with van der Waals surface area (Å²) in [5.41, 5.74) is 3.83. The van der Waals surface area contributed by atoms with Crippen molar-refractivity contribution >= 4 is 11.8 Å². The number of aryl methyl sites for hydroxylation is 3. The van der Waals surface area contributed by atoms with E-state index in [0.29, 0.717) is 18.7 Å². The molecule has 2 amide bonds. The minimum atomic E-state index is -0.233. The van der Waals surface area contributed by atoms with Gasteiger partial charge in [0.05, 0.1) is 13.2 Å². The molecule has 0 bridgehead atoms. The van der Waals surface area contributed by atoms with Crippen molar-refractivity contribution < 1.29 is 14.3 Å². The monoisotopic (exact) mass is 368 g/mol. The third-order valence-electron chi connectivity index (χ3n) is 4.08. The molecule has 0 aliphatic heterocycles. The van der Waals surface area contributed by atoms with E-state index in [2.05, 4.69) is 10.6 Å². The molecule has 27 heavy (non-hydrogen) atoms. The van der Waals surface area contributed by atoms with Crippen LogP contribution in [0.3, 0.4) is 0 Å². The van der Waals surface area contributed by atoms with Crippen LogP contribution in [0.5, 0.6) is 5.75 Å². The first-order chi connectivity index (χ1) is 12.9. The summed E-state index contributed by atoms with van der Waals surface area (Å²) < 4.78 is 5.65. The van der Waals surface area contributed by atoms with E-state index < -0.39 is 0 Å². The largest absolute Gasteiger partial charge is 0.494 e. The van der Waals surface area contributed by atoms with E-state index in [0.717, 1.165) is 29.7 Å². The van der Waals surface area contributed by atoms with Gasteiger partial charge in [-0.3, -0.25) is 9.59 Å². The van der Waals surface area contributed by atoms with E-state index in [-0.39, 0.29) is 18.4 Å². The highest BCUT2D eigenvalue weighted by Crippen LogP contribution is 2.11. The van der Waals surface area contributed by atoms with Gasteiger partial charge < -0.3 is 15.4 Å². The molecule has 0 unspecified atom stereocenters. The van der Waals surface area contributed by atoms with Crippen LogP contribution in [0.4, 0.5) is 0 Å². The number of benzene rings is 2. The molecule has 0 fully saturated rings. The highest BCUT2D eigenvalue weighted by Gasteiger charge is 2.08. The zero-order chi connectivity index (χ0) is 19.6. The number of carbonyl (C=O) groups excluding carboxylic acids is 2. The van der Waals surface area contributed by atoms with Crippen LogP contribution in [0.15, 0.2) is 42.5 Å². The van der Waals surface area contributed by atoms with Crippen molar-refractivity contribution in [3.63, 3.8) is 0 Å². The van der Waals surface area contributed by atoms with Gasteiger partial charge in [-0.1, -0.05) is 34.9 Å². The maximum absolute atomic E-state index is 12.1. The Morgan fingerprint density at radius 1 is 0.852 bits per heavy atom. The number of amides is 2. The SMILES string of the molecule is Cc1ccc(OCCCCNC(=O)CNC(=O)c2cc(C)cc(C)c2)cc1. The molecule has 0 saturated carbocycles. The van der Waals surface area contributed by atoms with Crippen LogP contribution >= 0.6 is 0 Å². The van der Waals surface area contributed by atoms with Crippen molar-refractivity contribution in [1.82, 2.24) is 10.6 Å². The van der Waals surface area contributed by atoms with Crippen LogP contribution in [-0.4, -0.2) is 31.5 Å². The van der Waals surface area contributed by atoms with Crippen molar-refractivity contribution in [1.29, 1.82) is 0 Å². The molecule has 0 aromatic heterocycles. The molecular weight excluding hydrogens is 340 g/mol. The number of rotatable bonds is 9. The molecule has 0 radical (unpaired) electrons. The zero-order valence-corrected chi connectivity index (χ0v) is 16.3. The maximum Gasteiger partial charge on any atom is 0.251 e. The summed E-state index contributed by atoms with van der Waals surface area (Å²) in [5, 5.41) is 5.46. The first-order valence-corrected chi connectivity index (χ1v) is 9.27. The molecule has 0 heterocycles. The number of carbonyl (C=O) groups is 2. The Labute approximate surface area is 161 Å². The Bertz CT molecular complexity index is 749. The van der Waals surface area contributed by atoms with Gasteiger partial charge in [0.25, 0.3) is 5.91 Å². The minimum absolute atomic E-state index is 0.0221. The quantitative estimate of drug-likeness (QED) is 0.667. The number of ether oxygens (including phenoxy) is 1. The normalized spacial score (nSPS) is 10.3. The van der Waals surface area contributed by atoms with Gasteiger partial charge in [-0.25, -0.2) is 0 Å². The fourth-order valence-electron chi connectivity index (χ4n) is 2.71. The van der Waals surface area contributed by atoms with E-state index in [1.54, 1.807) is 0 Å². The van der Waals surface area contributed by atoms with Gasteiger partial charge in [0.2, 0.25) is 5.91 Å². The van der Waals surface area contributed by atoms with Crippen LogP contribution in [0.25, 0.3) is 0 Å². The average Bonchev–Trinajstić information content (AvgIpc) is 2.63. The summed E-state index contributed by atoms with van der Waals surface area (Å²) in [4.78, 5) is 24.0. The number of hydrogen-bond acceptors (Lipinski definition) is 3. The third kappa shape index (κ3) is 7.52. The molecule has 0 aliphatic rings. The van der Waals surface area contributed by atoms with Gasteiger partial charge in [-0.05, 0) is 57.9 Å². The molecule has 2 aromatic rings. The molecule has 0 atom stereocenters. The fraction of sp³-hybridized carbons (Fsp3) is 0.364. The van der Waals surface area contributed by atoms with Crippen LogP contribution in [-0.2, 0) is 4.79 Å². The molecule has 0 aliphatic carbocycles. The molecule has 5 nitrogen and oxygen atoms in total. The topological polar surface area (TPSA) is 67.4 Å². The lowest BCUT2D eigenvalue weighted by Gasteiger charge is -2.09. The Morgan fingerprint density at radius 2 is 1.52 bits per heavy atom. The fourth-order valence-corrected chi connectivity index (χ4v) is 2.71. The number of hydrogen-bond donors (Lipinski definition) is 2. The van der Waals surface area contributed by atoms with E-state index in [4.69, 9.17) is 4.74 Å². The standard InChI is InChI=1S/C22H28N2O3/c1-16-6-8-20(9-7-16)27-11-5-4-10-23-21(25)15-24-22(26)19-13-17(2)12-18(3)14-19/h6-9,12-14H,4-5,10-11,15H2,1-3H3,(H,23,25)(H,24,26). The van der Waals surface area contributed by atoms with Crippen molar-refractivity contribution in [2.75, 3.05) is 19.7 Å². The summed E-state index contributed by atoms with van der Waals surface area (Å²) in [7, 11) is 0. The van der Waals surface area contributed by atoms with E-state index in [1.807, 2.05) is 63.2 Å². The van der Waals surface area contributed by atoms with Gasteiger partial charge >= 0.3 is 0 Å². The van der Waals surface area contributed by atoms with Crippen LogP contribution in [0, 0.1) is 20.8 Å². The molecule has 2 aromatic carbocycles. The molecule has 0 saturated heterocycles. The van der Waals surface area contributed by atoms with E-state index in [1.165, 1.54) is 5.56 Å². The summed E-state index contributed by atoms with van der Waals surface area (Å²) in [6.07, 6.45) is 1.67. The molecular formula is C22H28N2O3. The van der Waals surface area contributed by atoms with Crippen molar-refractivity contribution in [3.8, 4) is 5.75 Å². The van der Waals surface area contributed by atoms with Gasteiger partial charge in [0, 0.05) is 12.1 Å². The number of unbranched alkanes of at least 4 members (excludes halogenated alkanes) is 1. The number of nitrogens with one attached hydrogen (secondary N) is 2. The highest BCUT2D eigenvalue weighted by atomic mass is 16.5. The van der Waals surface area contributed by atoms with Crippen LogP contribution in [0.1, 0.15) is 39.9 Å². The zero-order valence-electron chi connectivity index (χ0n) is 16.3. The maximum atomic E-state index is 12.1. The third-order valence-corrected chi connectivity index (χ3v) is 4.08. The van der Waals surface area contributed by atoms with Crippen LogP contribution < -0.4 is 15.4 Å². The van der Waals surface area contributed by atoms with Gasteiger partial charge in [-0.2, -0.15) is 0 Å². The van der Waals surface area contributed by atoms with Crippen molar-refractivity contribution in [2.24, 2.45) is 0 Å². The summed E-state index contributed by atoms with van der Waals surface area (Å²) in [6.45, 7) is 7.08. The lowest BCUT2D eigenvalue weighted by Crippen LogP contribution is -2.37. The Morgan fingerprint density at radius 3 is 2.19 bits per heavy atom. The van der Waals surface area contributed by atoms with Gasteiger partial charge in [-0.15, -0.1) is 0 Å². The molecule has 0 spiro atoms. The van der Waals surface area contributed by atoms with Crippen LogP contribution in [0.2, 0.25) is 0 Å². The summed E-state index contributed by atoms with van der Waals surface area (Å²) >= 11 is 0. The van der Waals surface area contributed by atoms with E-state index >= 15 is 0 Å². The van der Waals surface area contributed by atoms with Crippen molar-refractivity contribution in [3.05, 3.63) is 64.7 Å². The molecule has 144 valence electrons. The Hall–Kier alpha value is -2.82. The minimum Gasteiger partial charge on any atom is -0.494 e. The summed E-state index contributed by atoms with van der Waals surface area (Å²) in [6, 6.07) is 13.6. The highest BCUT2D eigenvalue weighted by molar-refractivity contribution is 5.96. The Kier molecular flexibility index (Phi) is 7.86. The lowest BCUT2D eigenvalue weighted by atomic mass is 10.1. The average molecular weight is 368 g/mol. The smallest absolute Gasteiger partial charge is 0.251 e.